The number of hydrogen-bond acceptors (Lipinski definition) is 9. The number of aliphatic hydroxyl groups is 1. The summed E-state index contributed by atoms with van der Waals surface area (Å²) < 4.78 is 25.5. The molecule has 1 rings (SSSR count). The SMILES string of the molecule is C=CC(=O)OCCOCCOC(=O)CCC1CC(C)(C)CC(C)(CNC(=O)OCCOCCO)C1. The van der Waals surface area contributed by atoms with Crippen molar-refractivity contribution >= 4 is 18.0 Å². The summed E-state index contributed by atoms with van der Waals surface area (Å²) in [7, 11) is 0. The second kappa shape index (κ2) is 16.5. The Morgan fingerprint density at radius 3 is 2.23 bits per heavy atom. The van der Waals surface area contributed by atoms with Crippen LogP contribution in [0.4, 0.5) is 4.79 Å². The number of aliphatic hydroxyl groups excluding tert-OH is 1. The van der Waals surface area contributed by atoms with Crippen LogP contribution in [0.25, 0.3) is 0 Å². The highest BCUT2D eigenvalue weighted by molar-refractivity contribution is 5.81. The zero-order chi connectivity index (χ0) is 26.2. The zero-order valence-electron chi connectivity index (χ0n) is 21.5. The van der Waals surface area contributed by atoms with Gasteiger partial charge in [0, 0.05) is 19.0 Å². The van der Waals surface area contributed by atoms with Crippen molar-refractivity contribution in [3.05, 3.63) is 12.7 Å². The van der Waals surface area contributed by atoms with Gasteiger partial charge < -0.3 is 34.1 Å². The lowest BCUT2D eigenvalue weighted by atomic mass is 9.60. The standard InChI is InChI=1S/C25H43NO9/c1-5-21(28)33-13-10-32-11-14-34-22(29)7-6-20-16-24(2,3)18-25(4,17-20)19-26-23(30)35-15-12-31-9-8-27/h5,20,27H,1,6-19H2,2-4H3,(H,26,30). The molecular weight excluding hydrogens is 458 g/mol. The summed E-state index contributed by atoms with van der Waals surface area (Å²) in [6, 6.07) is 0. The summed E-state index contributed by atoms with van der Waals surface area (Å²) in [5.74, 6) is -0.420. The molecule has 1 aliphatic rings. The number of ether oxygens (including phenoxy) is 5. The third-order valence-electron chi connectivity index (χ3n) is 5.77. The van der Waals surface area contributed by atoms with Crippen LogP contribution in [0.5, 0.6) is 0 Å². The number of hydrogen-bond donors (Lipinski definition) is 2. The Bertz CT molecular complexity index is 667. The van der Waals surface area contributed by atoms with Gasteiger partial charge in [0.25, 0.3) is 0 Å². The monoisotopic (exact) mass is 501 g/mol. The lowest BCUT2D eigenvalue weighted by Gasteiger charge is -2.47. The van der Waals surface area contributed by atoms with Crippen LogP contribution in [0.2, 0.25) is 0 Å². The van der Waals surface area contributed by atoms with Crippen molar-refractivity contribution in [2.75, 3.05) is 59.4 Å². The molecule has 0 bridgehead atoms. The molecule has 0 radical (unpaired) electrons. The van der Waals surface area contributed by atoms with E-state index in [0.717, 1.165) is 31.8 Å². The van der Waals surface area contributed by atoms with E-state index < -0.39 is 12.1 Å². The molecule has 10 heteroatoms. The summed E-state index contributed by atoms with van der Waals surface area (Å²) in [4.78, 5) is 35.1. The van der Waals surface area contributed by atoms with Gasteiger partial charge in [-0.05, 0) is 42.4 Å². The molecule has 0 spiro atoms. The van der Waals surface area contributed by atoms with E-state index >= 15 is 0 Å². The first kappa shape index (κ1) is 30.9. The minimum atomic E-state index is -0.502. The molecule has 202 valence electrons. The second-order valence-corrected chi connectivity index (χ2v) is 9.99. The minimum absolute atomic E-state index is 0.0652. The molecule has 0 saturated heterocycles. The van der Waals surface area contributed by atoms with E-state index in [9.17, 15) is 14.4 Å². The lowest BCUT2D eigenvalue weighted by Crippen LogP contribution is -2.44. The molecule has 2 unspecified atom stereocenters. The van der Waals surface area contributed by atoms with E-state index in [1.807, 2.05) is 0 Å². The summed E-state index contributed by atoms with van der Waals surface area (Å²) in [5.41, 5.74) is -0.0141. The largest absolute Gasteiger partial charge is 0.463 e. The van der Waals surface area contributed by atoms with Crippen LogP contribution >= 0.6 is 0 Å². The molecule has 1 amide bonds. The van der Waals surface area contributed by atoms with Crippen molar-refractivity contribution in [1.29, 1.82) is 0 Å². The van der Waals surface area contributed by atoms with Crippen molar-refractivity contribution < 1.29 is 43.2 Å². The van der Waals surface area contributed by atoms with E-state index in [1.165, 1.54) is 0 Å². The molecule has 10 nitrogen and oxygen atoms in total. The Hall–Kier alpha value is -2.17. The van der Waals surface area contributed by atoms with E-state index in [-0.39, 0.29) is 69.7 Å². The number of amides is 1. The van der Waals surface area contributed by atoms with Crippen LogP contribution in [0.15, 0.2) is 12.7 Å². The number of carbonyl (C=O) groups is 3. The second-order valence-electron chi connectivity index (χ2n) is 9.99. The molecule has 1 fully saturated rings. The molecule has 35 heavy (non-hydrogen) atoms. The van der Waals surface area contributed by atoms with Crippen LogP contribution in [-0.4, -0.2) is 82.5 Å². The molecule has 1 saturated carbocycles. The average Bonchev–Trinajstić information content (AvgIpc) is 2.79. The maximum atomic E-state index is 12.2. The van der Waals surface area contributed by atoms with Crippen molar-refractivity contribution in [1.82, 2.24) is 5.32 Å². The Labute approximate surface area is 208 Å². The van der Waals surface area contributed by atoms with Crippen molar-refractivity contribution in [2.24, 2.45) is 16.7 Å². The third kappa shape index (κ3) is 14.7. The highest BCUT2D eigenvalue weighted by atomic mass is 16.6. The number of alkyl carbamates (subject to hydrolysis) is 1. The molecule has 2 atom stereocenters. The minimum Gasteiger partial charge on any atom is -0.463 e. The Balaban J connectivity index is 2.30. The van der Waals surface area contributed by atoms with E-state index in [4.69, 9.17) is 28.8 Å². The quantitative estimate of drug-likeness (QED) is 0.134. The van der Waals surface area contributed by atoms with Crippen molar-refractivity contribution in [3.63, 3.8) is 0 Å². The number of carbonyl (C=O) groups excluding carboxylic acids is 3. The summed E-state index contributed by atoms with van der Waals surface area (Å²) in [5, 5.41) is 11.5. The average molecular weight is 502 g/mol. The topological polar surface area (TPSA) is 130 Å². The summed E-state index contributed by atoms with van der Waals surface area (Å²) >= 11 is 0. The molecular formula is C25H43NO9. The van der Waals surface area contributed by atoms with Crippen LogP contribution in [0.3, 0.4) is 0 Å². The van der Waals surface area contributed by atoms with Crippen molar-refractivity contribution in [3.8, 4) is 0 Å². The molecule has 0 aromatic rings. The van der Waals surface area contributed by atoms with Crippen LogP contribution in [0, 0.1) is 16.7 Å². The molecule has 0 aromatic heterocycles. The Morgan fingerprint density at radius 1 is 0.943 bits per heavy atom. The first-order valence-corrected chi connectivity index (χ1v) is 12.2. The van der Waals surface area contributed by atoms with Crippen LogP contribution in [0.1, 0.15) is 52.9 Å². The maximum Gasteiger partial charge on any atom is 0.407 e. The normalized spacial score (nSPS) is 21.1. The Kier molecular flexibility index (Phi) is 14.5. The van der Waals surface area contributed by atoms with E-state index in [1.54, 1.807) is 0 Å². The number of nitrogens with one attached hydrogen (secondary N) is 1. The van der Waals surface area contributed by atoms with Crippen LogP contribution in [-0.2, 0) is 33.3 Å². The van der Waals surface area contributed by atoms with Gasteiger partial charge in [-0.2, -0.15) is 0 Å². The predicted octanol–water partition coefficient (Wildman–Crippen LogP) is 2.62. The smallest absolute Gasteiger partial charge is 0.407 e. The fraction of sp³-hybridized carbons (Fsp3) is 0.800. The molecule has 0 heterocycles. The molecule has 0 aromatic carbocycles. The summed E-state index contributed by atoms with van der Waals surface area (Å²) in [6.07, 6.45) is 4.52. The fourth-order valence-electron chi connectivity index (χ4n) is 4.86. The fourth-order valence-corrected chi connectivity index (χ4v) is 4.86. The van der Waals surface area contributed by atoms with Gasteiger partial charge in [0.1, 0.15) is 19.8 Å². The Morgan fingerprint density at radius 2 is 1.57 bits per heavy atom. The van der Waals surface area contributed by atoms with Gasteiger partial charge in [0.15, 0.2) is 0 Å². The first-order valence-electron chi connectivity index (χ1n) is 12.2. The van der Waals surface area contributed by atoms with Gasteiger partial charge in [0.05, 0.1) is 33.0 Å². The first-order chi connectivity index (χ1) is 16.6. The van der Waals surface area contributed by atoms with E-state index in [2.05, 4.69) is 32.7 Å². The number of esters is 2. The van der Waals surface area contributed by atoms with Crippen molar-refractivity contribution in [2.45, 2.75) is 52.9 Å². The molecule has 0 aliphatic heterocycles. The highest BCUT2D eigenvalue weighted by Crippen LogP contribution is 2.49. The predicted molar refractivity (Wildman–Crippen MR) is 129 cm³/mol. The molecule has 1 aliphatic carbocycles. The third-order valence-corrected chi connectivity index (χ3v) is 5.77. The van der Waals surface area contributed by atoms with Gasteiger partial charge in [-0.1, -0.05) is 27.4 Å². The number of rotatable bonds is 17. The van der Waals surface area contributed by atoms with Gasteiger partial charge >= 0.3 is 18.0 Å². The summed E-state index contributed by atoms with van der Waals surface area (Å²) in [6.45, 7) is 11.7. The van der Waals surface area contributed by atoms with E-state index in [0.29, 0.717) is 18.9 Å². The molecule has 2 N–H and O–H groups in total. The lowest BCUT2D eigenvalue weighted by molar-refractivity contribution is -0.146. The maximum absolute atomic E-state index is 12.2. The van der Waals surface area contributed by atoms with Gasteiger partial charge in [-0.15, -0.1) is 0 Å². The van der Waals surface area contributed by atoms with Gasteiger partial charge in [0.2, 0.25) is 0 Å². The van der Waals surface area contributed by atoms with Crippen LogP contribution < -0.4 is 5.32 Å². The van der Waals surface area contributed by atoms with Gasteiger partial charge in [-0.25, -0.2) is 9.59 Å². The zero-order valence-corrected chi connectivity index (χ0v) is 21.5. The van der Waals surface area contributed by atoms with Gasteiger partial charge in [-0.3, -0.25) is 4.79 Å². The highest BCUT2D eigenvalue weighted by Gasteiger charge is 2.41.